The molecule has 9 aromatic rings. The van der Waals surface area contributed by atoms with Crippen molar-refractivity contribution in [2.24, 2.45) is 0 Å². The van der Waals surface area contributed by atoms with Crippen LogP contribution in [-0.2, 0) is 0 Å². The molecular weight excluding hydrogens is 544 g/mol. The number of rotatable bonds is 4. The number of nitrogens with zero attached hydrogens (tertiary/aromatic N) is 2. The van der Waals surface area contributed by atoms with Gasteiger partial charge in [0.25, 0.3) is 0 Å². The van der Waals surface area contributed by atoms with E-state index in [1.165, 1.54) is 49.0 Å². The summed E-state index contributed by atoms with van der Waals surface area (Å²) in [6.45, 7) is 8.32. The average molecular weight is 573 g/mol. The largest absolute Gasteiger partial charge is 0.292 e. The van der Waals surface area contributed by atoms with Gasteiger partial charge in [-0.3, -0.25) is 4.40 Å². The van der Waals surface area contributed by atoms with Gasteiger partial charge in [0.05, 0.1) is 16.7 Å². The molecule has 2 aromatic heterocycles. The molecule has 7 aromatic carbocycles. The lowest BCUT2D eigenvalue weighted by Crippen LogP contribution is -1.97. The van der Waals surface area contributed by atoms with Crippen LogP contribution in [0.4, 0.5) is 0 Å². The molecule has 0 fully saturated rings. The number of imidazole rings is 1. The van der Waals surface area contributed by atoms with Crippen LogP contribution in [0.2, 0.25) is 0 Å². The molecule has 0 amide bonds. The van der Waals surface area contributed by atoms with Gasteiger partial charge in [-0.2, -0.15) is 0 Å². The lowest BCUT2D eigenvalue weighted by Gasteiger charge is -2.18. The standard InChI is InChI=1S/C43H28N2/c1-3-31-34-20-12-13-21-35(34)43-44-38-26-30(22-23-40(38)45(43)39(31)4-2)42-33-19-11-9-17-29(33)24-36-37(42)25-28-16-8-10-18-32(28)41(36)27-14-6-5-7-15-27/h3-26H,1-2H2. The second-order valence-electron chi connectivity index (χ2n) is 11.6. The molecule has 2 heteroatoms. The van der Waals surface area contributed by atoms with Crippen LogP contribution in [-0.4, -0.2) is 9.38 Å². The number of benzene rings is 7. The van der Waals surface area contributed by atoms with E-state index in [4.69, 9.17) is 4.98 Å². The Kier molecular flexibility index (Phi) is 5.54. The summed E-state index contributed by atoms with van der Waals surface area (Å²) in [5.74, 6) is 0. The predicted octanol–water partition coefficient (Wildman–Crippen LogP) is 11.7. The molecule has 0 saturated carbocycles. The van der Waals surface area contributed by atoms with E-state index in [1.54, 1.807) is 0 Å². The van der Waals surface area contributed by atoms with Gasteiger partial charge in [-0.15, -0.1) is 0 Å². The van der Waals surface area contributed by atoms with Crippen molar-refractivity contribution < 1.29 is 0 Å². The van der Waals surface area contributed by atoms with Crippen molar-refractivity contribution >= 4 is 71.9 Å². The maximum atomic E-state index is 5.27. The maximum absolute atomic E-state index is 5.27. The molecule has 0 spiro atoms. The van der Waals surface area contributed by atoms with Gasteiger partial charge in [0, 0.05) is 10.9 Å². The predicted molar refractivity (Wildman–Crippen MR) is 194 cm³/mol. The number of pyridine rings is 1. The van der Waals surface area contributed by atoms with Crippen molar-refractivity contribution in [3.63, 3.8) is 0 Å². The SMILES string of the molecule is C=Cc1c(C=C)n2c3ccc(-c4c5ccccc5cc5c(-c6ccccc6)c6ccccc6cc45)cc3nc2c2ccccc12. The first-order valence-corrected chi connectivity index (χ1v) is 15.3. The van der Waals surface area contributed by atoms with E-state index < -0.39 is 0 Å². The Hall–Kier alpha value is -5.99. The van der Waals surface area contributed by atoms with Gasteiger partial charge < -0.3 is 0 Å². The third kappa shape index (κ3) is 3.66. The molecule has 0 aliphatic heterocycles. The van der Waals surface area contributed by atoms with Gasteiger partial charge in [-0.25, -0.2) is 4.98 Å². The van der Waals surface area contributed by atoms with Gasteiger partial charge in [0.2, 0.25) is 0 Å². The van der Waals surface area contributed by atoms with E-state index in [1.807, 2.05) is 12.2 Å². The molecule has 45 heavy (non-hydrogen) atoms. The lowest BCUT2D eigenvalue weighted by molar-refractivity contribution is 1.21. The van der Waals surface area contributed by atoms with Gasteiger partial charge in [0.1, 0.15) is 5.65 Å². The molecule has 0 N–H and O–H groups in total. The van der Waals surface area contributed by atoms with Gasteiger partial charge in [-0.1, -0.05) is 128 Å². The highest BCUT2D eigenvalue weighted by Crippen LogP contribution is 2.44. The van der Waals surface area contributed by atoms with Crippen molar-refractivity contribution in [2.75, 3.05) is 0 Å². The summed E-state index contributed by atoms with van der Waals surface area (Å²) in [4.78, 5) is 5.27. The van der Waals surface area contributed by atoms with Crippen molar-refractivity contribution in [2.45, 2.75) is 0 Å². The van der Waals surface area contributed by atoms with E-state index in [9.17, 15) is 0 Å². The van der Waals surface area contributed by atoms with Crippen LogP contribution in [0.25, 0.3) is 94.2 Å². The summed E-state index contributed by atoms with van der Waals surface area (Å²) in [5.41, 5.74) is 9.87. The van der Waals surface area contributed by atoms with Crippen LogP contribution >= 0.6 is 0 Å². The molecule has 0 aliphatic rings. The van der Waals surface area contributed by atoms with Crippen molar-refractivity contribution in [1.29, 1.82) is 0 Å². The minimum Gasteiger partial charge on any atom is -0.292 e. The molecule has 0 unspecified atom stereocenters. The van der Waals surface area contributed by atoms with Gasteiger partial charge >= 0.3 is 0 Å². The van der Waals surface area contributed by atoms with Crippen LogP contribution in [0, 0.1) is 0 Å². The third-order valence-corrected chi connectivity index (χ3v) is 9.27. The Labute approximate surface area is 260 Å². The summed E-state index contributed by atoms with van der Waals surface area (Å²) in [5, 5.41) is 9.66. The molecule has 0 radical (unpaired) electrons. The second kappa shape index (κ2) is 9.77. The lowest BCUT2D eigenvalue weighted by atomic mass is 9.86. The van der Waals surface area contributed by atoms with E-state index in [0.29, 0.717) is 0 Å². The molecule has 2 nitrogen and oxygen atoms in total. The van der Waals surface area contributed by atoms with Gasteiger partial charge in [-0.05, 0) is 90.3 Å². The number of hydrogen-bond acceptors (Lipinski definition) is 1. The topological polar surface area (TPSA) is 17.3 Å². The van der Waals surface area contributed by atoms with E-state index >= 15 is 0 Å². The summed E-state index contributed by atoms with van der Waals surface area (Å²) >= 11 is 0. The number of aromatic nitrogens is 2. The van der Waals surface area contributed by atoms with Crippen molar-refractivity contribution in [3.05, 3.63) is 158 Å². The smallest absolute Gasteiger partial charge is 0.146 e. The molecule has 0 aliphatic carbocycles. The second-order valence-corrected chi connectivity index (χ2v) is 11.6. The van der Waals surface area contributed by atoms with E-state index in [-0.39, 0.29) is 0 Å². The van der Waals surface area contributed by atoms with E-state index in [2.05, 4.69) is 151 Å². The Bertz CT molecular complexity index is 2680. The quantitative estimate of drug-likeness (QED) is 0.192. The molecular formula is C43H28N2. The molecule has 9 rings (SSSR count). The third-order valence-electron chi connectivity index (χ3n) is 9.27. The number of fused-ring (bicyclic) bond motifs is 8. The fraction of sp³-hybridized carbons (Fsp3) is 0. The maximum Gasteiger partial charge on any atom is 0.146 e. The van der Waals surface area contributed by atoms with Gasteiger partial charge in [0.15, 0.2) is 0 Å². The van der Waals surface area contributed by atoms with Crippen LogP contribution < -0.4 is 0 Å². The fourth-order valence-electron chi connectivity index (χ4n) is 7.35. The first-order chi connectivity index (χ1) is 22.2. The van der Waals surface area contributed by atoms with Crippen molar-refractivity contribution in [3.8, 4) is 22.3 Å². The Morgan fingerprint density at radius 2 is 1.07 bits per heavy atom. The van der Waals surface area contributed by atoms with E-state index in [0.717, 1.165) is 44.3 Å². The number of hydrogen-bond donors (Lipinski definition) is 0. The highest BCUT2D eigenvalue weighted by molar-refractivity contribution is 6.22. The first kappa shape index (κ1) is 25.5. The van der Waals surface area contributed by atoms with Crippen LogP contribution in [0.1, 0.15) is 11.3 Å². The summed E-state index contributed by atoms with van der Waals surface area (Å²) in [7, 11) is 0. The Morgan fingerprint density at radius 1 is 0.489 bits per heavy atom. The first-order valence-electron chi connectivity index (χ1n) is 15.3. The zero-order valence-electron chi connectivity index (χ0n) is 24.7. The molecule has 0 atom stereocenters. The highest BCUT2D eigenvalue weighted by atomic mass is 15.0. The fourth-order valence-corrected chi connectivity index (χ4v) is 7.35. The average Bonchev–Trinajstić information content (AvgIpc) is 3.48. The normalized spacial score (nSPS) is 11.7. The van der Waals surface area contributed by atoms with Crippen molar-refractivity contribution in [1.82, 2.24) is 9.38 Å². The summed E-state index contributed by atoms with van der Waals surface area (Å²) in [6, 6.07) is 48.1. The van der Waals surface area contributed by atoms with Crippen LogP contribution in [0.15, 0.2) is 147 Å². The minimum atomic E-state index is 0.929. The zero-order valence-corrected chi connectivity index (χ0v) is 24.7. The Balaban J connectivity index is 1.43. The summed E-state index contributed by atoms with van der Waals surface area (Å²) in [6.07, 6.45) is 3.84. The van der Waals surface area contributed by atoms with Crippen LogP contribution in [0.5, 0.6) is 0 Å². The Morgan fingerprint density at radius 3 is 1.71 bits per heavy atom. The molecule has 210 valence electrons. The monoisotopic (exact) mass is 572 g/mol. The van der Waals surface area contributed by atoms with Crippen LogP contribution in [0.3, 0.4) is 0 Å². The summed E-state index contributed by atoms with van der Waals surface area (Å²) < 4.78 is 2.23. The minimum absolute atomic E-state index is 0.929. The molecule has 2 heterocycles. The zero-order chi connectivity index (χ0) is 30.1. The molecule has 0 bridgehead atoms. The highest BCUT2D eigenvalue weighted by Gasteiger charge is 2.19. The molecule has 0 saturated heterocycles.